The molecule has 0 saturated heterocycles. The molecule has 0 bridgehead atoms. The van der Waals surface area contributed by atoms with E-state index in [1.807, 2.05) is 24.3 Å². The summed E-state index contributed by atoms with van der Waals surface area (Å²) in [4.78, 5) is 9.84. The second kappa shape index (κ2) is 6.01. The molecule has 0 atom stereocenters. The van der Waals surface area contributed by atoms with Crippen molar-refractivity contribution in [2.24, 2.45) is 11.2 Å². The Kier molecular flexibility index (Phi) is 4.60. The minimum Gasteiger partial charge on any atom is -0.493 e. The molecule has 0 fully saturated rings. The molecule has 1 rings (SSSR count). The van der Waals surface area contributed by atoms with Gasteiger partial charge in [0.15, 0.2) is 0 Å². The molecule has 0 spiro atoms. The van der Waals surface area contributed by atoms with Crippen molar-refractivity contribution in [3.05, 3.63) is 34.7 Å². The van der Waals surface area contributed by atoms with Crippen molar-refractivity contribution in [3.63, 3.8) is 0 Å². The van der Waals surface area contributed by atoms with Crippen molar-refractivity contribution < 1.29 is 4.74 Å². The van der Waals surface area contributed by atoms with Gasteiger partial charge in [-0.25, -0.2) is 0 Å². The normalized spacial score (nSPS) is 10.1. The maximum Gasteiger partial charge on any atom is 0.119 e. The molecule has 0 aliphatic carbocycles. The summed E-state index contributed by atoms with van der Waals surface area (Å²) in [6, 6.07) is 7.61. The van der Waals surface area contributed by atoms with Gasteiger partial charge >= 0.3 is 0 Å². The van der Waals surface area contributed by atoms with Gasteiger partial charge in [0.25, 0.3) is 0 Å². The van der Waals surface area contributed by atoms with E-state index in [0.717, 1.165) is 11.3 Å². The molecule has 0 unspecified atom stereocenters. The van der Waals surface area contributed by atoms with Crippen LogP contribution in [0.3, 0.4) is 0 Å². The third-order valence-electron chi connectivity index (χ3n) is 1.85. The van der Waals surface area contributed by atoms with E-state index >= 15 is 0 Å². The van der Waals surface area contributed by atoms with Crippen LogP contribution in [-0.4, -0.2) is 6.61 Å². The molecule has 15 heavy (non-hydrogen) atoms. The Bertz CT molecular complexity index is 296. The van der Waals surface area contributed by atoms with Gasteiger partial charge in [0.1, 0.15) is 5.75 Å². The van der Waals surface area contributed by atoms with Crippen molar-refractivity contribution >= 4 is 0 Å². The van der Waals surface area contributed by atoms with Crippen LogP contribution in [0.25, 0.3) is 0 Å². The zero-order valence-electron chi connectivity index (χ0n) is 9.06. The first-order valence-electron chi connectivity index (χ1n) is 4.99. The van der Waals surface area contributed by atoms with Gasteiger partial charge in [-0.1, -0.05) is 26.0 Å². The zero-order chi connectivity index (χ0) is 11.1. The molecule has 1 aromatic carbocycles. The van der Waals surface area contributed by atoms with Gasteiger partial charge in [0, 0.05) is 5.29 Å². The predicted molar refractivity (Wildman–Crippen MR) is 59.4 cm³/mol. The molecule has 0 aliphatic heterocycles. The SMILES string of the molecule is CC(C)COc1ccc(CNN=O)cc1. The fourth-order valence-electron chi connectivity index (χ4n) is 1.09. The van der Waals surface area contributed by atoms with Gasteiger partial charge in [-0.3, -0.25) is 5.43 Å². The Morgan fingerprint density at radius 1 is 1.33 bits per heavy atom. The van der Waals surface area contributed by atoms with Crippen molar-refractivity contribution in [1.82, 2.24) is 5.43 Å². The van der Waals surface area contributed by atoms with Crippen LogP contribution in [0, 0.1) is 10.8 Å². The average Bonchev–Trinajstić information content (AvgIpc) is 2.25. The van der Waals surface area contributed by atoms with E-state index < -0.39 is 0 Å². The summed E-state index contributed by atoms with van der Waals surface area (Å²) in [7, 11) is 0. The van der Waals surface area contributed by atoms with Crippen LogP contribution < -0.4 is 10.2 Å². The minimum atomic E-state index is 0.452. The third kappa shape index (κ3) is 4.44. The number of benzene rings is 1. The third-order valence-corrected chi connectivity index (χ3v) is 1.85. The maximum atomic E-state index is 9.84. The Hall–Kier alpha value is -1.58. The highest BCUT2D eigenvalue weighted by Gasteiger charge is 1.97. The molecule has 0 heterocycles. The summed E-state index contributed by atoms with van der Waals surface area (Å²) in [6.45, 7) is 5.38. The molecule has 82 valence electrons. The summed E-state index contributed by atoms with van der Waals surface area (Å²) in [5.74, 6) is 1.37. The molecule has 1 N–H and O–H groups in total. The van der Waals surface area contributed by atoms with Gasteiger partial charge in [0.2, 0.25) is 0 Å². The number of hydrogen-bond donors (Lipinski definition) is 1. The number of rotatable bonds is 6. The van der Waals surface area contributed by atoms with Crippen LogP contribution in [0.2, 0.25) is 0 Å². The van der Waals surface area contributed by atoms with E-state index in [0.29, 0.717) is 19.1 Å². The molecule has 0 aliphatic rings. The van der Waals surface area contributed by atoms with Crippen LogP contribution in [0.4, 0.5) is 0 Å². The average molecular weight is 208 g/mol. The molecule has 0 saturated carbocycles. The predicted octanol–water partition coefficient (Wildman–Crippen LogP) is 2.49. The monoisotopic (exact) mass is 208 g/mol. The van der Waals surface area contributed by atoms with Crippen molar-refractivity contribution in [1.29, 1.82) is 0 Å². The van der Waals surface area contributed by atoms with Crippen LogP contribution in [0.1, 0.15) is 19.4 Å². The molecule has 0 amide bonds. The molecule has 4 nitrogen and oxygen atoms in total. The Morgan fingerprint density at radius 3 is 2.53 bits per heavy atom. The van der Waals surface area contributed by atoms with Crippen molar-refractivity contribution in [2.45, 2.75) is 20.4 Å². The lowest BCUT2D eigenvalue weighted by molar-refractivity contribution is 0.271. The highest BCUT2D eigenvalue weighted by molar-refractivity contribution is 5.27. The van der Waals surface area contributed by atoms with Crippen LogP contribution in [0.15, 0.2) is 29.6 Å². The smallest absolute Gasteiger partial charge is 0.119 e. The number of hydrogen-bond acceptors (Lipinski definition) is 3. The molecule has 0 aromatic heterocycles. The van der Waals surface area contributed by atoms with E-state index in [1.165, 1.54) is 0 Å². The van der Waals surface area contributed by atoms with Gasteiger partial charge in [-0.15, -0.1) is 4.91 Å². The molecule has 0 radical (unpaired) electrons. The molecular formula is C11H16N2O2. The van der Waals surface area contributed by atoms with Gasteiger partial charge in [-0.05, 0) is 23.6 Å². The number of nitroso groups, excluding NO2 is 1. The number of ether oxygens (including phenoxy) is 1. The zero-order valence-corrected chi connectivity index (χ0v) is 9.06. The highest BCUT2D eigenvalue weighted by atomic mass is 16.5. The lowest BCUT2D eigenvalue weighted by Crippen LogP contribution is -2.05. The van der Waals surface area contributed by atoms with E-state index in [1.54, 1.807) is 0 Å². The molecule has 1 aromatic rings. The standard InChI is InChI=1S/C11H16N2O2/c1-9(2)8-15-11-5-3-10(4-6-11)7-12-13-14/h3-6,9H,7-8H2,1-2H3,(H,12,14). The van der Waals surface area contributed by atoms with Crippen LogP contribution >= 0.6 is 0 Å². The summed E-state index contributed by atoms with van der Waals surface area (Å²) < 4.78 is 5.52. The van der Waals surface area contributed by atoms with E-state index in [-0.39, 0.29) is 0 Å². The summed E-state index contributed by atoms with van der Waals surface area (Å²) in [5, 5.41) is 2.58. The summed E-state index contributed by atoms with van der Waals surface area (Å²) in [5.41, 5.74) is 3.37. The van der Waals surface area contributed by atoms with E-state index in [9.17, 15) is 4.91 Å². The minimum absolute atomic E-state index is 0.452. The highest BCUT2D eigenvalue weighted by Crippen LogP contribution is 2.13. The van der Waals surface area contributed by atoms with Crippen LogP contribution in [0.5, 0.6) is 5.75 Å². The van der Waals surface area contributed by atoms with Crippen molar-refractivity contribution in [3.8, 4) is 5.75 Å². The number of nitrogens with one attached hydrogen (secondary N) is 1. The largest absolute Gasteiger partial charge is 0.493 e. The van der Waals surface area contributed by atoms with Gasteiger partial charge < -0.3 is 4.74 Å². The van der Waals surface area contributed by atoms with Crippen LogP contribution in [-0.2, 0) is 6.54 Å². The Morgan fingerprint density at radius 2 is 2.00 bits per heavy atom. The Labute approximate surface area is 89.6 Å². The van der Waals surface area contributed by atoms with E-state index in [4.69, 9.17) is 4.74 Å². The maximum absolute atomic E-state index is 9.84. The fourth-order valence-corrected chi connectivity index (χ4v) is 1.09. The second-order valence-corrected chi connectivity index (χ2v) is 3.77. The first-order chi connectivity index (χ1) is 7.22. The lowest BCUT2D eigenvalue weighted by atomic mass is 10.2. The number of nitrogens with zero attached hydrogens (tertiary/aromatic N) is 1. The van der Waals surface area contributed by atoms with Crippen molar-refractivity contribution in [2.75, 3.05) is 6.61 Å². The quantitative estimate of drug-likeness (QED) is 0.577. The topological polar surface area (TPSA) is 50.7 Å². The van der Waals surface area contributed by atoms with E-state index in [2.05, 4.69) is 24.6 Å². The summed E-state index contributed by atoms with van der Waals surface area (Å²) in [6.07, 6.45) is 0. The first kappa shape index (κ1) is 11.5. The fraction of sp³-hybridized carbons (Fsp3) is 0.455. The molecule has 4 heteroatoms. The summed E-state index contributed by atoms with van der Waals surface area (Å²) >= 11 is 0. The second-order valence-electron chi connectivity index (χ2n) is 3.77. The Balaban J connectivity index is 2.45. The first-order valence-corrected chi connectivity index (χ1v) is 4.99. The van der Waals surface area contributed by atoms with Gasteiger partial charge in [0.05, 0.1) is 13.2 Å². The lowest BCUT2D eigenvalue weighted by Gasteiger charge is -2.08. The van der Waals surface area contributed by atoms with Gasteiger partial charge in [-0.2, -0.15) is 0 Å². The molecular weight excluding hydrogens is 192 g/mol.